The third-order valence-electron chi connectivity index (χ3n) is 5.72. The Morgan fingerprint density at radius 3 is 2.75 bits per heavy atom. The Bertz CT molecular complexity index is 1010. The predicted molar refractivity (Wildman–Crippen MR) is 107 cm³/mol. The third-order valence-corrected chi connectivity index (χ3v) is 5.72. The molecule has 4 rings (SSSR count). The number of carboxylic acids is 1. The number of carbonyl (C=O) groups is 1. The first kappa shape index (κ1) is 18.7. The van der Waals surface area contributed by atoms with Crippen LogP contribution in [0.5, 0.6) is 0 Å². The third kappa shape index (κ3) is 3.10. The summed E-state index contributed by atoms with van der Waals surface area (Å²) in [7, 11) is 0. The molecule has 0 spiro atoms. The van der Waals surface area contributed by atoms with Crippen molar-refractivity contribution in [3.8, 4) is 11.3 Å². The molecule has 0 aromatic carbocycles. The summed E-state index contributed by atoms with van der Waals surface area (Å²) in [5.74, 6) is -0.892. The number of rotatable bonds is 5. The van der Waals surface area contributed by atoms with Gasteiger partial charge in [0.2, 0.25) is 0 Å². The smallest absolute Gasteiger partial charge is 0.336 e. The molecule has 0 amide bonds. The Morgan fingerprint density at radius 1 is 1.32 bits per heavy atom. The molecule has 0 radical (unpaired) electrons. The Labute approximate surface area is 164 Å². The molecule has 1 fully saturated rings. The molecule has 7 heteroatoms. The van der Waals surface area contributed by atoms with Crippen LogP contribution in [0.3, 0.4) is 0 Å². The van der Waals surface area contributed by atoms with Crippen molar-refractivity contribution in [2.75, 3.05) is 26.3 Å². The van der Waals surface area contributed by atoms with Crippen LogP contribution in [0.2, 0.25) is 0 Å². The normalized spacial score (nSPS) is 16.5. The zero-order valence-corrected chi connectivity index (χ0v) is 16.6. The summed E-state index contributed by atoms with van der Waals surface area (Å²) in [5, 5.41) is 14.1. The zero-order valence-electron chi connectivity index (χ0n) is 16.6. The zero-order chi connectivity index (χ0) is 19.8. The van der Waals surface area contributed by atoms with E-state index in [-0.39, 0.29) is 6.04 Å². The van der Waals surface area contributed by atoms with Gasteiger partial charge in [0.15, 0.2) is 0 Å². The lowest BCUT2D eigenvalue weighted by molar-refractivity contribution is 0.0187. The number of morpholine rings is 1. The second-order valence-corrected chi connectivity index (χ2v) is 7.25. The molecule has 7 nitrogen and oxygen atoms in total. The topological polar surface area (TPSA) is 72.0 Å². The summed E-state index contributed by atoms with van der Waals surface area (Å²) in [4.78, 5) is 14.2. The molecule has 3 aromatic rings. The summed E-state index contributed by atoms with van der Waals surface area (Å²) >= 11 is 0. The molecule has 1 aliphatic heterocycles. The van der Waals surface area contributed by atoms with Crippen LogP contribution in [0.15, 0.2) is 30.6 Å². The van der Waals surface area contributed by atoms with E-state index in [0.717, 1.165) is 47.7 Å². The van der Waals surface area contributed by atoms with Crippen molar-refractivity contribution >= 4 is 11.5 Å². The number of aromatic carboxylic acids is 1. The number of carboxylic acid groups (broad SMARTS) is 1. The molecule has 148 valence electrons. The maximum absolute atomic E-state index is 11.9. The van der Waals surface area contributed by atoms with E-state index in [0.29, 0.717) is 18.8 Å². The first-order valence-corrected chi connectivity index (χ1v) is 9.74. The number of nitrogens with zero attached hydrogens (tertiary/aromatic N) is 4. The number of aryl methyl sites for hydroxylation is 1. The van der Waals surface area contributed by atoms with E-state index >= 15 is 0 Å². The van der Waals surface area contributed by atoms with Crippen LogP contribution in [0, 0.1) is 6.92 Å². The maximum atomic E-state index is 11.9. The van der Waals surface area contributed by atoms with Crippen LogP contribution in [0.1, 0.15) is 41.5 Å². The molecular formula is C21H26N4O3. The van der Waals surface area contributed by atoms with Gasteiger partial charge in [-0.3, -0.25) is 9.58 Å². The molecule has 4 heterocycles. The van der Waals surface area contributed by atoms with Crippen LogP contribution in [0.25, 0.3) is 16.8 Å². The Balaban J connectivity index is 1.90. The van der Waals surface area contributed by atoms with Crippen LogP contribution < -0.4 is 0 Å². The minimum atomic E-state index is -0.892. The van der Waals surface area contributed by atoms with Gasteiger partial charge in [-0.1, -0.05) is 0 Å². The lowest BCUT2D eigenvalue weighted by atomic mass is 10.0. The van der Waals surface area contributed by atoms with Crippen molar-refractivity contribution in [3.63, 3.8) is 0 Å². The average molecular weight is 382 g/mol. The van der Waals surface area contributed by atoms with Gasteiger partial charge in [0.25, 0.3) is 0 Å². The Hall–Kier alpha value is -2.64. The van der Waals surface area contributed by atoms with Crippen molar-refractivity contribution in [1.82, 2.24) is 19.1 Å². The molecule has 0 aliphatic carbocycles. The average Bonchev–Trinajstić information content (AvgIpc) is 3.33. The summed E-state index contributed by atoms with van der Waals surface area (Å²) in [5.41, 5.74) is 5.14. The molecule has 0 bridgehead atoms. The van der Waals surface area contributed by atoms with Crippen molar-refractivity contribution in [2.45, 2.75) is 33.4 Å². The van der Waals surface area contributed by atoms with Crippen LogP contribution in [0.4, 0.5) is 0 Å². The summed E-state index contributed by atoms with van der Waals surface area (Å²) in [6.45, 7) is 10.00. The van der Waals surface area contributed by atoms with Gasteiger partial charge >= 0.3 is 5.97 Å². The van der Waals surface area contributed by atoms with Gasteiger partial charge in [-0.15, -0.1) is 0 Å². The predicted octanol–water partition coefficient (Wildman–Crippen LogP) is 3.22. The van der Waals surface area contributed by atoms with Crippen molar-refractivity contribution in [3.05, 3.63) is 47.4 Å². The van der Waals surface area contributed by atoms with E-state index in [1.165, 1.54) is 0 Å². The molecule has 1 aliphatic rings. The van der Waals surface area contributed by atoms with Crippen LogP contribution in [-0.4, -0.2) is 56.5 Å². The lowest BCUT2D eigenvalue weighted by Gasteiger charge is -2.33. The number of hydrogen-bond donors (Lipinski definition) is 1. The molecule has 1 unspecified atom stereocenters. The van der Waals surface area contributed by atoms with E-state index in [4.69, 9.17) is 4.74 Å². The van der Waals surface area contributed by atoms with E-state index in [9.17, 15) is 9.90 Å². The maximum Gasteiger partial charge on any atom is 0.336 e. The van der Waals surface area contributed by atoms with Crippen LogP contribution in [-0.2, 0) is 11.3 Å². The highest BCUT2D eigenvalue weighted by atomic mass is 16.5. The molecular weight excluding hydrogens is 356 g/mol. The molecule has 28 heavy (non-hydrogen) atoms. The number of pyridine rings is 1. The second-order valence-electron chi connectivity index (χ2n) is 7.25. The van der Waals surface area contributed by atoms with E-state index in [1.807, 2.05) is 23.7 Å². The largest absolute Gasteiger partial charge is 0.478 e. The highest BCUT2D eigenvalue weighted by Gasteiger charge is 2.25. The van der Waals surface area contributed by atoms with Gasteiger partial charge in [0.1, 0.15) is 0 Å². The minimum absolute atomic E-state index is 0.0852. The van der Waals surface area contributed by atoms with Crippen molar-refractivity contribution in [2.24, 2.45) is 0 Å². The van der Waals surface area contributed by atoms with Crippen molar-refractivity contribution < 1.29 is 14.6 Å². The summed E-state index contributed by atoms with van der Waals surface area (Å²) in [6.07, 6.45) is 3.90. The Kier molecular flexibility index (Phi) is 4.95. The van der Waals surface area contributed by atoms with Gasteiger partial charge in [-0.2, -0.15) is 5.10 Å². The first-order chi connectivity index (χ1) is 13.5. The fourth-order valence-corrected chi connectivity index (χ4v) is 4.22. The highest BCUT2D eigenvalue weighted by molar-refractivity contribution is 5.91. The molecule has 1 saturated heterocycles. The number of aromatic nitrogens is 3. The summed E-state index contributed by atoms with van der Waals surface area (Å²) in [6, 6.07) is 5.89. The first-order valence-electron chi connectivity index (χ1n) is 9.74. The fraction of sp³-hybridized carbons (Fsp3) is 0.429. The summed E-state index contributed by atoms with van der Waals surface area (Å²) < 4.78 is 9.58. The van der Waals surface area contributed by atoms with Gasteiger partial charge < -0.3 is 14.2 Å². The van der Waals surface area contributed by atoms with Gasteiger partial charge in [0, 0.05) is 54.8 Å². The molecule has 1 atom stereocenters. The monoisotopic (exact) mass is 382 g/mol. The fourth-order valence-electron chi connectivity index (χ4n) is 4.22. The van der Waals surface area contributed by atoms with Gasteiger partial charge in [-0.25, -0.2) is 4.79 Å². The lowest BCUT2D eigenvalue weighted by Crippen LogP contribution is -2.39. The number of hydrogen-bond acceptors (Lipinski definition) is 4. The SMILES string of the molecule is CCn1nccc1-c1cc2cc(C(=O)O)c(C)c(C(C)N3CCOCC3)n2c1. The van der Waals surface area contributed by atoms with E-state index in [2.05, 4.69) is 34.4 Å². The standard InChI is InChI=1S/C21H26N4O3/c1-4-25-19(5-6-22-25)16-11-17-12-18(21(26)27)14(2)20(24(17)13-16)15(3)23-7-9-28-10-8-23/h5-6,11-13,15H,4,7-10H2,1-3H3,(H,26,27). The highest BCUT2D eigenvalue weighted by Crippen LogP contribution is 2.32. The minimum Gasteiger partial charge on any atom is -0.478 e. The van der Waals surface area contributed by atoms with Gasteiger partial charge in [-0.05, 0) is 44.5 Å². The quantitative estimate of drug-likeness (QED) is 0.734. The molecule has 1 N–H and O–H groups in total. The second kappa shape index (κ2) is 7.41. The number of ether oxygens (including phenoxy) is 1. The van der Waals surface area contributed by atoms with Crippen LogP contribution >= 0.6 is 0 Å². The van der Waals surface area contributed by atoms with Crippen molar-refractivity contribution in [1.29, 1.82) is 0 Å². The molecule has 3 aromatic heterocycles. The number of fused-ring (bicyclic) bond motifs is 1. The van der Waals surface area contributed by atoms with E-state index < -0.39 is 5.97 Å². The van der Waals surface area contributed by atoms with E-state index in [1.54, 1.807) is 12.3 Å². The Morgan fingerprint density at radius 2 is 2.07 bits per heavy atom. The van der Waals surface area contributed by atoms with Gasteiger partial charge in [0.05, 0.1) is 24.5 Å². The molecule has 0 saturated carbocycles.